The van der Waals surface area contributed by atoms with Crippen molar-refractivity contribution in [2.75, 3.05) is 13.6 Å². The van der Waals surface area contributed by atoms with Crippen molar-refractivity contribution < 1.29 is 9.59 Å². The minimum atomic E-state index is -0.242. The molecule has 0 aromatic heterocycles. The Morgan fingerprint density at radius 2 is 2.10 bits per heavy atom. The molecule has 2 amide bonds. The van der Waals surface area contributed by atoms with E-state index in [-0.39, 0.29) is 23.8 Å². The van der Waals surface area contributed by atoms with Gasteiger partial charge in [-0.15, -0.1) is 0 Å². The van der Waals surface area contributed by atoms with Crippen molar-refractivity contribution in [3.05, 3.63) is 34.9 Å². The fourth-order valence-corrected chi connectivity index (χ4v) is 2.57. The van der Waals surface area contributed by atoms with E-state index in [4.69, 9.17) is 11.6 Å². The van der Waals surface area contributed by atoms with Crippen molar-refractivity contribution >= 4 is 23.4 Å². The number of carbonyl (C=O) groups excluding carboxylic acids is 2. The standard InChI is InChI=1S/C15H19ClN2O2/c1-3-13(10-4-6-12(16)7-5-10)17-15(20)11-8-14(19)18(2)9-11/h4-7,11,13H,3,8-9H2,1-2H3,(H,17,20)/t11-,13+/m0/s1. The number of hydrogen-bond donors (Lipinski definition) is 1. The molecule has 1 heterocycles. The lowest BCUT2D eigenvalue weighted by Crippen LogP contribution is -2.34. The SMILES string of the molecule is CC[C@@H](NC(=O)[C@H]1CC(=O)N(C)C1)c1ccc(Cl)cc1. The molecule has 2 atom stereocenters. The van der Waals surface area contributed by atoms with Gasteiger partial charge in [0, 0.05) is 25.0 Å². The van der Waals surface area contributed by atoms with E-state index in [9.17, 15) is 9.59 Å². The predicted octanol–water partition coefficient (Wildman–Crippen LogP) is 2.39. The maximum atomic E-state index is 12.2. The average molecular weight is 295 g/mol. The molecular weight excluding hydrogens is 276 g/mol. The van der Waals surface area contributed by atoms with Crippen molar-refractivity contribution in [2.45, 2.75) is 25.8 Å². The summed E-state index contributed by atoms with van der Waals surface area (Å²) in [7, 11) is 1.73. The van der Waals surface area contributed by atoms with Gasteiger partial charge in [-0.2, -0.15) is 0 Å². The highest BCUT2D eigenvalue weighted by Crippen LogP contribution is 2.22. The van der Waals surface area contributed by atoms with Gasteiger partial charge in [-0.25, -0.2) is 0 Å². The summed E-state index contributed by atoms with van der Waals surface area (Å²) in [5.74, 6) is -0.261. The first-order valence-electron chi connectivity index (χ1n) is 6.81. The normalized spacial score (nSPS) is 20.1. The van der Waals surface area contributed by atoms with E-state index in [1.54, 1.807) is 11.9 Å². The fourth-order valence-electron chi connectivity index (χ4n) is 2.44. The van der Waals surface area contributed by atoms with Crippen molar-refractivity contribution in [2.24, 2.45) is 5.92 Å². The fraction of sp³-hybridized carbons (Fsp3) is 0.467. The highest BCUT2D eigenvalue weighted by molar-refractivity contribution is 6.30. The Labute approximate surface area is 124 Å². The molecule has 5 heteroatoms. The maximum Gasteiger partial charge on any atom is 0.225 e. The molecule has 0 saturated carbocycles. The highest BCUT2D eigenvalue weighted by Gasteiger charge is 2.32. The van der Waals surface area contributed by atoms with Gasteiger partial charge in [0.25, 0.3) is 0 Å². The van der Waals surface area contributed by atoms with Crippen LogP contribution in [0.2, 0.25) is 5.02 Å². The number of halogens is 1. The van der Waals surface area contributed by atoms with Crippen LogP contribution in [-0.4, -0.2) is 30.3 Å². The summed E-state index contributed by atoms with van der Waals surface area (Å²) in [5.41, 5.74) is 1.03. The van der Waals surface area contributed by atoms with Crippen LogP contribution in [0.4, 0.5) is 0 Å². The molecule has 1 saturated heterocycles. The Bertz CT molecular complexity index is 501. The predicted molar refractivity (Wildman–Crippen MR) is 78.4 cm³/mol. The molecule has 0 radical (unpaired) electrons. The molecule has 4 nitrogen and oxygen atoms in total. The second-order valence-corrected chi connectivity index (χ2v) is 5.63. The van der Waals surface area contributed by atoms with E-state index >= 15 is 0 Å². The quantitative estimate of drug-likeness (QED) is 0.927. The van der Waals surface area contributed by atoms with E-state index in [0.29, 0.717) is 18.0 Å². The third-order valence-corrected chi connectivity index (χ3v) is 3.96. The molecule has 1 aromatic carbocycles. The molecule has 20 heavy (non-hydrogen) atoms. The monoisotopic (exact) mass is 294 g/mol. The largest absolute Gasteiger partial charge is 0.349 e. The van der Waals surface area contributed by atoms with Gasteiger partial charge in [0.2, 0.25) is 11.8 Å². The summed E-state index contributed by atoms with van der Waals surface area (Å²) in [5, 5.41) is 3.70. The van der Waals surface area contributed by atoms with E-state index in [2.05, 4.69) is 5.32 Å². The van der Waals surface area contributed by atoms with Gasteiger partial charge in [0.15, 0.2) is 0 Å². The van der Waals surface area contributed by atoms with Crippen LogP contribution in [0.5, 0.6) is 0 Å². The van der Waals surface area contributed by atoms with Crippen LogP contribution in [-0.2, 0) is 9.59 Å². The van der Waals surface area contributed by atoms with Gasteiger partial charge in [-0.05, 0) is 24.1 Å². The van der Waals surface area contributed by atoms with Crippen molar-refractivity contribution in [3.8, 4) is 0 Å². The topological polar surface area (TPSA) is 49.4 Å². The molecule has 1 N–H and O–H groups in total. The lowest BCUT2D eigenvalue weighted by Gasteiger charge is -2.20. The van der Waals surface area contributed by atoms with E-state index in [0.717, 1.165) is 12.0 Å². The zero-order valence-electron chi connectivity index (χ0n) is 11.7. The number of hydrogen-bond acceptors (Lipinski definition) is 2. The molecule has 0 spiro atoms. The van der Waals surface area contributed by atoms with Crippen LogP contribution in [0.25, 0.3) is 0 Å². The van der Waals surface area contributed by atoms with E-state index < -0.39 is 0 Å². The van der Waals surface area contributed by atoms with E-state index in [1.807, 2.05) is 31.2 Å². The molecule has 1 aliphatic rings. The summed E-state index contributed by atoms with van der Waals surface area (Å²) >= 11 is 5.87. The van der Waals surface area contributed by atoms with Crippen LogP contribution < -0.4 is 5.32 Å². The minimum Gasteiger partial charge on any atom is -0.349 e. The number of benzene rings is 1. The van der Waals surface area contributed by atoms with Crippen molar-refractivity contribution in [1.82, 2.24) is 10.2 Å². The highest BCUT2D eigenvalue weighted by atomic mass is 35.5. The number of nitrogens with one attached hydrogen (secondary N) is 1. The van der Waals surface area contributed by atoms with Gasteiger partial charge < -0.3 is 10.2 Å². The number of nitrogens with zero attached hydrogens (tertiary/aromatic N) is 1. The zero-order chi connectivity index (χ0) is 14.7. The Hall–Kier alpha value is -1.55. The summed E-state index contributed by atoms with van der Waals surface area (Å²) < 4.78 is 0. The van der Waals surface area contributed by atoms with Gasteiger partial charge in [-0.1, -0.05) is 30.7 Å². The minimum absolute atomic E-state index is 0.0321. The summed E-state index contributed by atoms with van der Waals surface area (Å²) in [4.78, 5) is 25.3. The molecule has 108 valence electrons. The van der Waals surface area contributed by atoms with Crippen LogP contribution in [0.1, 0.15) is 31.4 Å². The van der Waals surface area contributed by atoms with Crippen LogP contribution in [0.3, 0.4) is 0 Å². The molecular formula is C15H19ClN2O2. The van der Waals surface area contributed by atoms with Gasteiger partial charge in [0.1, 0.15) is 0 Å². The number of rotatable bonds is 4. The molecule has 1 aromatic rings. The smallest absolute Gasteiger partial charge is 0.225 e. The number of likely N-dealkylation sites (tertiary alicyclic amines) is 1. The molecule has 0 unspecified atom stereocenters. The first kappa shape index (κ1) is 14.9. The molecule has 1 aliphatic heterocycles. The van der Waals surface area contributed by atoms with Crippen molar-refractivity contribution in [3.63, 3.8) is 0 Å². The average Bonchev–Trinajstić information content (AvgIpc) is 2.77. The lowest BCUT2D eigenvalue weighted by atomic mass is 10.0. The summed E-state index contributed by atoms with van der Waals surface area (Å²) in [6.45, 7) is 2.52. The first-order chi connectivity index (χ1) is 9.51. The zero-order valence-corrected chi connectivity index (χ0v) is 12.5. The maximum absolute atomic E-state index is 12.2. The van der Waals surface area contributed by atoms with Crippen LogP contribution in [0, 0.1) is 5.92 Å². The van der Waals surface area contributed by atoms with Crippen molar-refractivity contribution in [1.29, 1.82) is 0 Å². The molecule has 1 fully saturated rings. The van der Waals surface area contributed by atoms with Crippen LogP contribution >= 0.6 is 11.6 Å². The Kier molecular flexibility index (Phi) is 4.65. The lowest BCUT2D eigenvalue weighted by molar-refractivity contribution is -0.128. The third kappa shape index (κ3) is 3.31. The first-order valence-corrected chi connectivity index (χ1v) is 7.19. The second kappa shape index (κ2) is 6.27. The second-order valence-electron chi connectivity index (χ2n) is 5.20. The van der Waals surface area contributed by atoms with Gasteiger partial charge in [0.05, 0.1) is 12.0 Å². The van der Waals surface area contributed by atoms with Gasteiger partial charge in [-0.3, -0.25) is 9.59 Å². The molecule has 2 rings (SSSR count). The summed E-state index contributed by atoms with van der Waals surface area (Å²) in [6, 6.07) is 7.43. The molecule has 0 aliphatic carbocycles. The Balaban J connectivity index is 2.01. The Morgan fingerprint density at radius 1 is 1.45 bits per heavy atom. The summed E-state index contributed by atoms with van der Waals surface area (Å²) in [6.07, 6.45) is 1.10. The number of carbonyl (C=O) groups is 2. The third-order valence-electron chi connectivity index (χ3n) is 3.71. The number of amides is 2. The van der Waals surface area contributed by atoms with Crippen LogP contribution in [0.15, 0.2) is 24.3 Å². The Morgan fingerprint density at radius 3 is 2.60 bits per heavy atom. The van der Waals surface area contributed by atoms with Gasteiger partial charge >= 0.3 is 0 Å². The van der Waals surface area contributed by atoms with E-state index in [1.165, 1.54) is 0 Å². The molecule has 0 bridgehead atoms.